The van der Waals surface area contributed by atoms with Crippen molar-refractivity contribution >= 4 is 5.91 Å². The van der Waals surface area contributed by atoms with Gasteiger partial charge in [0, 0.05) is 38.8 Å². The molecule has 0 radical (unpaired) electrons. The number of carbonyl (C=O) groups is 1. The van der Waals surface area contributed by atoms with Gasteiger partial charge in [0.15, 0.2) is 0 Å². The molecule has 0 N–H and O–H groups in total. The van der Waals surface area contributed by atoms with E-state index in [0.717, 1.165) is 29.0 Å². The van der Waals surface area contributed by atoms with Crippen LogP contribution in [0.2, 0.25) is 0 Å². The van der Waals surface area contributed by atoms with Crippen molar-refractivity contribution in [3.63, 3.8) is 0 Å². The molecular weight excluding hydrogens is 450 g/mol. The van der Waals surface area contributed by atoms with E-state index >= 15 is 0 Å². The second kappa shape index (κ2) is 11.4. The monoisotopic (exact) mass is 480 g/mol. The van der Waals surface area contributed by atoms with Gasteiger partial charge < -0.3 is 14.4 Å². The van der Waals surface area contributed by atoms with Gasteiger partial charge in [0.25, 0.3) is 5.91 Å². The minimum atomic E-state index is -0.833. The predicted molar refractivity (Wildman–Crippen MR) is 130 cm³/mol. The Hall–Kier alpha value is -3.29. The number of benzene rings is 3. The van der Waals surface area contributed by atoms with Crippen molar-refractivity contribution in [1.82, 2.24) is 9.80 Å². The van der Waals surface area contributed by atoms with Gasteiger partial charge >= 0.3 is 0 Å². The largest absolute Gasteiger partial charge is 0.497 e. The van der Waals surface area contributed by atoms with E-state index in [2.05, 4.69) is 36.1 Å². The number of methoxy groups -OCH3 is 1. The number of hydrogen-bond donors (Lipinski definition) is 0. The number of amides is 1. The lowest BCUT2D eigenvalue weighted by molar-refractivity contribution is 0.00329. The van der Waals surface area contributed by atoms with Crippen molar-refractivity contribution in [2.45, 2.75) is 19.6 Å². The number of ether oxygens (including phenoxy) is 2. The van der Waals surface area contributed by atoms with Gasteiger partial charge in [-0.05, 0) is 42.3 Å². The minimum Gasteiger partial charge on any atom is -0.497 e. The van der Waals surface area contributed by atoms with E-state index in [1.54, 1.807) is 12.0 Å². The van der Waals surface area contributed by atoms with Crippen LogP contribution in [0.15, 0.2) is 66.7 Å². The van der Waals surface area contributed by atoms with Crippen LogP contribution in [0.25, 0.3) is 0 Å². The van der Waals surface area contributed by atoms with Gasteiger partial charge in [0.1, 0.15) is 17.4 Å². The summed E-state index contributed by atoms with van der Waals surface area (Å²) >= 11 is 0. The second-order valence-corrected chi connectivity index (χ2v) is 8.78. The van der Waals surface area contributed by atoms with Crippen LogP contribution in [0.3, 0.4) is 0 Å². The van der Waals surface area contributed by atoms with Crippen LogP contribution in [0, 0.1) is 18.6 Å². The van der Waals surface area contributed by atoms with E-state index in [1.165, 1.54) is 11.6 Å². The molecular formula is C28H30F2N2O3. The van der Waals surface area contributed by atoms with E-state index < -0.39 is 17.5 Å². The molecule has 4 rings (SSSR count). The summed E-state index contributed by atoms with van der Waals surface area (Å²) in [7, 11) is 1.64. The molecule has 0 aromatic heterocycles. The van der Waals surface area contributed by atoms with Gasteiger partial charge in [-0.2, -0.15) is 0 Å². The van der Waals surface area contributed by atoms with Crippen LogP contribution in [-0.4, -0.2) is 55.5 Å². The van der Waals surface area contributed by atoms with Gasteiger partial charge in [0.05, 0.1) is 25.4 Å². The first-order valence-electron chi connectivity index (χ1n) is 11.7. The Balaban J connectivity index is 1.41. The molecule has 0 unspecified atom stereocenters. The number of aryl methyl sites for hydroxylation is 1. The van der Waals surface area contributed by atoms with Gasteiger partial charge in [-0.1, -0.05) is 42.0 Å². The molecule has 0 saturated carbocycles. The zero-order valence-corrected chi connectivity index (χ0v) is 20.0. The summed E-state index contributed by atoms with van der Waals surface area (Å²) in [6, 6.07) is 19.2. The van der Waals surface area contributed by atoms with E-state index in [9.17, 15) is 13.6 Å². The highest BCUT2D eigenvalue weighted by atomic mass is 19.1. The lowest BCUT2D eigenvalue weighted by Gasteiger charge is -2.36. The summed E-state index contributed by atoms with van der Waals surface area (Å²) in [5, 5.41) is 0. The molecule has 3 aromatic carbocycles. The number of piperazine rings is 1. The highest BCUT2D eigenvalue weighted by Gasteiger charge is 2.26. The van der Waals surface area contributed by atoms with E-state index in [4.69, 9.17) is 9.47 Å². The maximum Gasteiger partial charge on any atom is 0.256 e. The van der Waals surface area contributed by atoms with Crippen molar-refractivity contribution in [3.8, 4) is 5.75 Å². The molecule has 35 heavy (non-hydrogen) atoms. The first kappa shape index (κ1) is 24.8. The summed E-state index contributed by atoms with van der Waals surface area (Å²) in [4.78, 5) is 16.6. The van der Waals surface area contributed by atoms with Crippen LogP contribution < -0.4 is 4.74 Å². The average Bonchev–Trinajstić information content (AvgIpc) is 2.87. The average molecular weight is 481 g/mol. The lowest BCUT2D eigenvalue weighted by atomic mass is 10.1. The number of nitrogens with zero attached hydrogens (tertiary/aromatic N) is 2. The van der Waals surface area contributed by atoms with Crippen LogP contribution in [0.5, 0.6) is 5.75 Å². The standard InChI is InChI=1S/C28H30F2N2O3/c1-20-6-8-21(9-7-20)19-35-27(22-4-3-5-24(16-22)34-2)18-31-12-14-32(15-13-31)28(33)25-11-10-23(29)17-26(25)30/h3-11,16-17,27H,12-15,18-19H2,1-2H3/t27-/m1/s1. The molecule has 1 saturated heterocycles. The third-order valence-electron chi connectivity index (χ3n) is 6.28. The Morgan fingerprint density at radius 2 is 1.71 bits per heavy atom. The number of halogens is 2. The van der Waals surface area contributed by atoms with Crippen LogP contribution >= 0.6 is 0 Å². The summed E-state index contributed by atoms with van der Waals surface area (Å²) in [5.41, 5.74) is 3.21. The van der Waals surface area contributed by atoms with Crippen molar-refractivity contribution in [2.75, 3.05) is 39.8 Å². The second-order valence-electron chi connectivity index (χ2n) is 8.78. The van der Waals surface area contributed by atoms with E-state index in [-0.39, 0.29) is 11.7 Å². The molecule has 1 aliphatic heterocycles. The summed E-state index contributed by atoms with van der Waals surface area (Å²) in [6.45, 7) is 5.34. The molecule has 0 bridgehead atoms. The SMILES string of the molecule is COc1cccc([C@@H](CN2CCN(C(=O)c3ccc(F)cc3F)CC2)OCc2ccc(C)cc2)c1. The Bertz CT molecular complexity index is 1150. The summed E-state index contributed by atoms with van der Waals surface area (Å²) in [6.07, 6.45) is -0.191. The van der Waals surface area contributed by atoms with Crippen molar-refractivity contribution in [1.29, 1.82) is 0 Å². The lowest BCUT2D eigenvalue weighted by Crippen LogP contribution is -2.49. The Kier molecular flexibility index (Phi) is 8.10. The molecule has 1 aliphatic rings. The molecule has 1 heterocycles. The van der Waals surface area contributed by atoms with Gasteiger partial charge in [-0.3, -0.25) is 9.69 Å². The normalized spacial score (nSPS) is 15.1. The van der Waals surface area contributed by atoms with Crippen molar-refractivity contribution < 1.29 is 23.0 Å². The summed E-state index contributed by atoms with van der Waals surface area (Å²) < 4.78 is 39.1. The Labute approximate surface area is 204 Å². The third kappa shape index (κ3) is 6.44. The fourth-order valence-electron chi connectivity index (χ4n) is 4.18. The van der Waals surface area contributed by atoms with Crippen LogP contribution in [-0.2, 0) is 11.3 Å². The fraction of sp³-hybridized carbons (Fsp3) is 0.321. The van der Waals surface area contributed by atoms with Crippen LogP contribution in [0.4, 0.5) is 8.78 Å². The van der Waals surface area contributed by atoms with Crippen molar-refractivity contribution in [2.24, 2.45) is 0 Å². The first-order valence-corrected chi connectivity index (χ1v) is 11.7. The van der Waals surface area contributed by atoms with Crippen molar-refractivity contribution in [3.05, 3.63) is 101 Å². The molecule has 1 atom stereocenters. The molecule has 3 aromatic rings. The quantitative estimate of drug-likeness (QED) is 0.455. The molecule has 7 heteroatoms. The fourth-order valence-corrected chi connectivity index (χ4v) is 4.18. The topological polar surface area (TPSA) is 42.0 Å². The molecule has 0 aliphatic carbocycles. The highest BCUT2D eigenvalue weighted by Crippen LogP contribution is 2.25. The number of rotatable bonds is 8. The summed E-state index contributed by atoms with van der Waals surface area (Å²) in [5.74, 6) is -1.18. The third-order valence-corrected chi connectivity index (χ3v) is 6.28. The highest BCUT2D eigenvalue weighted by molar-refractivity contribution is 5.94. The van der Waals surface area contributed by atoms with Crippen LogP contribution in [0.1, 0.15) is 33.2 Å². The molecule has 1 amide bonds. The smallest absolute Gasteiger partial charge is 0.256 e. The Morgan fingerprint density at radius 3 is 2.40 bits per heavy atom. The maximum atomic E-state index is 14.1. The van der Waals surface area contributed by atoms with Gasteiger partial charge in [-0.25, -0.2) is 8.78 Å². The zero-order valence-electron chi connectivity index (χ0n) is 20.0. The molecule has 0 spiro atoms. The van der Waals surface area contributed by atoms with Gasteiger partial charge in [-0.15, -0.1) is 0 Å². The first-order chi connectivity index (χ1) is 16.9. The minimum absolute atomic E-state index is 0.101. The number of hydrogen-bond acceptors (Lipinski definition) is 4. The van der Waals surface area contributed by atoms with E-state index in [0.29, 0.717) is 39.3 Å². The Morgan fingerprint density at radius 1 is 0.971 bits per heavy atom. The number of carbonyl (C=O) groups excluding carboxylic acids is 1. The van der Waals surface area contributed by atoms with E-state index in [1.807, 2.05) is 24.3 Å². The molecule has 1 fully saturated rings. The maximum absolute atomic E-state index is 14.1. The predicted octanol–water partition coefficient (Wildman–Crippen LogP) is 5.00. The molecule has 184 valence electrons. The van der Waals surface area contributed by atoms with Gasteiger partial charge in [0.2, 0.25) is 0 Å². The molecule has 5 nitrogen and oxygen atoms in total. The zero-order chi connectivity index (χ0) is 24.8.